The molecule has 1 aromatic heterocycles. The van der Waals surface area contributed by atoms with E-state index in [-0.39, 0.29) is 24.0 Å². The van der Waals surface area contributed by atoms with Crippen molar-refractivity contribution in [3.8, 4) is 0 Å². The molecule has 0 saturated carbocycles. The van der Waals surface area contributed by atoms with Crippen LogP contribution in [0.3, 0.4) is 0 Å². The van der Waals surface area contributed by atoms with Gasteiger partial charge >= 0.3 is 0 Å². The molecule has 110 valence electrons. The summed E-state index contributed by atoms with van der Waals surface area (Å²) in [5.74, 6) is 0.901. The van der Waals surface area contributed by atoms with E-state index in [4.69, 9.17) is 0 Å². The van der Waals surface area contributed by atoms with Crippen LogP contribution in [0.1, 0.15) is 42.4 Å². The molecule has 0 aliphatic heterocycles. The predicted molar refractivity (Wildman–Crippen MR) is 96.8 cm³/mol. The summed E-state index contributed by atoms with van der Waals surface area (Å²) in [6, 6.07) is 4.32. The Morgan fingerprint density at radius 2 is 2.00 bits per heavy atom. The van der Waals surface area contributed by atoms with Gasteiger partial charge in [-0.2, -0.15) is 0 Å². The van der Waals surface area contributed by atoms with Gasteiger partial charge in [0.25, 0.3) is 0 Å². The van der Waals surface area contributed by atoms with Crippen LogP contribution in [0.5, 0.6) is 0 Å². The highest BCUT2D eigenvalue weighted by atomic mass is 127. The van der Waals surface area contributed by atoms with Crippen molar-refractivity contribution in [1.82, 2.24) is 10.6 Å². The van der Waals surface area contributed by atoms with Crippen molar-refractivity contribution in [2.75, 3.05) is 13.6 Å². The first-order valence-corrected chi connectivity index (χ1v) is 7.57. The van der Waals surface area contributed by atoms with E-state index in [1.165, 1.54) is 35.4 Å². The van der Waals surface area contributed by atoms with E-state index in [0.29, 0.717) is 0 Å². The smallest absolute Gasteiger partial charge is 0.191 e. The van der Waals surface area contributed by atoms with Gasteiger partial charge in [0, 0.05) is 23.3 Å². The van der Waals surface area contributed by atoms with Gasteiger partial charge in [-0.15, -0.1) is 35.3 Å². The van der Waals surface area contributed by atoms with E-state index in [0.717, 1.165) is 19.0 Å². The van der Waals surface area contributed by atoms with Crippen molar-refractivity contribution >= 4 is 41.3 Å². The molecule has 0 amide bonds. The summed E-state index contributed by atoms with van der Waals surface area (Å²) in [4.78, 5) is 6.93. The van der Waals surface area contributed by atoms with Crippen LogP contribution in [0, 0.1) is 6.92 Å². The molecule has 0 fully saturated rings. The van der Waals surface area contributed by atoms with Gasteiger partial charge < -0.3 is 10.6 Å². The molecular formula is C14H26IN3S. The van der Waals surface area contributed by atoms with Gasteiger partial charge in [0.2, 0.25) is 0 Å². The average Bonchev–Trinajstić information content (AvgIpc) is 2.78. The molecule has 0 aliphatic carbocycles. The molecule has 3 nitrogen and oxygen atoms in total. The first-order valence-electron chi connectivity index (χ1n) is 6.76. The predicted octanol–water partition coefficient (Wildman–Crippen LogP) is 3.92. The van der Waals surface area contributed by atoms with Crippen LogP contribution in [0.2, 0.25) is 0 Å². The molecule has 1 aromatic rings. The van der Waals surface area contributed by atoms with Crippen molar-refractivity contribution in [2.45, 2.75) is 46.1 Å². The van der Waals surface area contributed by atoms with E-state index in [9.17, 15) is 0 Å². The zero-order valence-corrected chi connectivity index (χ0v) is 15.3. The molecule has 0 saturated heterocycles. The maximum atomic E-state index is 4.23. The minimum atomic E-state index is 0. The molecule has 1 heterocycles. The fraction of sp³-hybridized carbons (Fsp3) is 0.643. The number of unbranched alkanes of at least 4 members (excludes halogenated alkanes) is 3. The van der Waals surface area contributed by atoms with Gasteiger partial charge in [0.1, 0.15) is 0 Å². The lowest BCUT2D eigenvalue weighted by Crippen LogP contribution is -2.37. The molecule has 0 aromatic carbocycles. The zero-order chi connectivity index (χ0) is 13.2. The Bertz CT molecular complexity index is 363. The van der Waals surface area contributed by atoms with Gasteiger partial charge in [-0.1, -0.05) is 26.2 Å². The number of hydrogen-bond donors (Lipinski definition) is 2. The van der Waals surface area contributed by atoms with Crippen LogP contribution in [-0.2, 0) is 6.54 Å². The number of aryl methyl sites for hydroxylation is 1. The molecule has 0 aliphatic rings. The number of nitrogens with zero attached hydrogens (tertiary/aromatic N) is 1. The first-order chi connectivity index (χ1) is 8.76. The normalized spacial score (nSPS) is 11.0. The zero-order valence-electron chi connectivity index (χ0n) is 12.2. The Morgan fingerprint density at radius 3 is 2.58 bits per heavy atom. The fourth-order valence-corrected chi connectivity index (χ4v) is 2.56. The van der Waals surface area contributed by atoms with E-state index in [1.54, 1.807) is 0 Å². The Balaban J connectivity index is 0.00000324. The van der Waals surface area contributed by atoms with E-state index in [2.05, 4.69) is 41.6 Å². The van der Waals surface area contributed by atoms with Gasteiger partial charge in [0.15, 0.2) is 5.96 Å². The monoisotopic (exact) mass is 395 g/mol. The third kappa shape index (κ3) is 8.47. The van der Waals surface area contributed by atoms with E-state index in [1.807, 2.05) is 18.4 Å². The van der Waals surface area contributed by atoms with Gasteiger partial charge in [-0.05, 0) is 25.5 Å². The average molecular weight is 395 g/mol. The summed E-state index contributed by atoms with van der Waals surface area (Å²) in [6.07, 6.45) is 5.12. The van der Waals surface area contributed by atoms with Crippen molar-refractivity contribution in [3.63, 3.8) is 0 Å². The maximum Gasteiger partial charge on any atom is 0.191 e. The number of hydrogen-bond acceptors (Lipinski definition) is 2. The van der Waals surface area contributed by atoms with Crippen molar-refractivity contribution in [1.29, 1.82) is 0 Å². The van der Waals surface area contributed by atoms with Crippen LogP contribution in [0.15, 0.2) is 17.1 Å². The van der Waals surface area contributed by atoms with Crippen LogP contribution in [0.4, 0.5) is 0 Å². The lowest BCUT2D eigenvalue weighted by Gasteiger charge is -2.10. The second-order valence-corrected chi connectivity index (χ2v) is 5.80. The van der Waals surface area contributed by atoms with Crippen molar-refractivity contribution < 1.29 is 0 Å². The Labute approximate surface area is 138 Å². The Morgan fingerprint density at radius 1 is 1.21 bits per heavy atom. The molecule has 0 unspecified atom stereocenters. The lowest BCUT2D eigenvalue weighted by molar-refractivity contribution is 0.647. The molecule has 5 heteroatoms. The highest BCUT2D eigenvalue weighted by Crippen LogP contribution is 2.14. The summed E-state index contributed by atoms with van der Waals surface area (Å²) >= 11 is 1.83. The summed E-state index contributed by atoms with van der Waals surface area (Å²) in [5.41, 5.74) is 0. The molecule has 1 rings (SSSR count). The molecule has 19 heavy (non-hydrogen) atoms. The molecule has 2 N–H and O–H groups in total. The third-order valence-electron chi connectivity index (χ3n) is 2.77. The lowest BCUT2D eigenvalue weighted by atomic mass is 10.2. The molecule has 0 atom stereocenters. The first kappa shape index (κ1) is 18.7. The van der Waals surface area contributed by atoms with Crippen LogP contribution < -0.4 is 10.6 Å². The van der Waals surface area contributed by atoms with Crippen molar-refractivity contribution in [3.05, 3.63) is 21.9 Å². The number of guanidine groups is 1. The standard InChI is InChI=1S/C14H25N3S.HI/c1-4-5-6-7-10-16-14(15-3)17-11-13-9-8-12(2)18-13;/h8-9H,4-7,10-11H2,1-3H3,(H2,15,16,17);1H. The minimum absolute atomic E-state index is 0. The van der Waals surface area contributed by atoms with Crippen LogP contribution in [0.25, 0.3) is 0 Å². The summed E-state index contributed by atoms with van der Waals surface area (Å²) < 4.78 is 0. The quantitative estimate of drug-likeness (QED) is 0.318. The largest absolute Gasteiger partial charge is 0.356 e. The Kier molecular flexibility index (Phi) is 11.3. The van der Waals surface area contributed by atoms with Crippen LogP contribution >= 0.6 is 35.3 Å². The van der Waals surface area contributed by atoms with Gasteiger partial charge in [-0.3, -0.25) is 4.99 Å². The van der Waals surface area contributed by atoms with Crippen LogP contribution in [-0.4, -0.2) is 19.6 Å². The van der Waals surface area contributed by atoms with E-state index >= 15 is 0 Å². The topological polar surface area (TPSA) is 36.4 Å². The number of rotatable bonds is 7. The van der Waals surface area contributed by atoms with E-state index < -0.39 is 0 Å². The minimum Gasteiger partial charge on any atom is -0.356 e. The van der Waals surface area contributed by atoms with Gasteiger partial charge in [-0.25, -0.2) is 0 Å². The molecule has 0 radical (unpaired) electrons. The Hall–Kier alpha value is -0.300. The highest BCUT2D eigenvalue weighted by molar-refractivity contribution is 14.0. The molecular weight excluding hydrogens is 369 g/mol. The second kappa shape index (κ2) is 11.5. The number of halogens is 1. The highest BCUT2D eigenvalue weighted by Gasteiger charge is 1.99. The fourth-order valence-electron chi connectivity index (χ4n) is 1.73. The maximum absolute atomic E-state index is 4.23. The number of nitrogens with one attached hydrogen (secondary N) is 2. The van der Waals surface area contributed by atoms with Crippen molar-refractivity contribution in [2.24, 2.45) is 4.99 Å². The van der Waals surface area contributed by atoms with Gasteiger partial charge in [0.05, 0.1) is 6.54 Å². The second-order valence-electron chi connectivity index (χ2n) is 4.43. The third-order valence-corrected chi connectivity index (χ3v) is 3.77. The molecule has 0 bridgehead atoms. The summed E-state index contributed by atoms with van der Waals surface area (Å²) in [7, 11) is 1.82. The summed E-state index contributed by atoms with van der Waals surface area (Å²) in [5, 5.41) is 6.69. The molecule has 0 spiro atoms. The number of aliphatic imine (C=N–C) groups is 1. The number of thiophene rings is 1. The summed E-state index contributed by atoms with van der Waals surface area (Å²) in [6.45, 7) is 6.22. The SMILES string of the molecule is CCCCCCNC(=NC)NCc1ccc(C)s1.I.